The average molecular weight is 429 g/mol. The fourth-order valence-electron chi connectivity index (χ4n) is 4.81. The molecule has 2 aromatic carbocycles. The maximum absolute atomic E-state index is 13.8. The molecule has 2 heterocycles. The summed E-state index contributed by atoms with van der Waals surface area (Å²) in [6.07, 6.45) is 5.82. The third-order valence-corrected chi connectivity index (χ3v) is 6.80. The van der Waals surface area contributed by atoms with Gasteiger partial charge in [-0.15, -0.1) is 0 Å². The molecule has 0 unspecified atom stereocenters. The second-order valence-electron chi connectivity index (χ2n) is 9.04. The lowest BCUT2D eigenvalue weighted by Crippen LogP contribution is -2.47. The van der Waals surface area contributed by atoms with Crippen LogP contribution >= 0.6 is 0 Å². The number of rotatable bonds is 5. The number of benzene rings is 2. The molecule has 6 heteroatoms. The smallest absolute Gasteiger partial charge is 0.251 e. The molecule has 5 nitrogen and oxygen atoms in total. The molecule has 32 heavy (non-hydrogen) atoms. The number of nitrogens with one attached hydrogen (secondary N) is 1. The molecule has 0 radical (unpaired) electrons. The fraction of sp³-hybridized carbons (Fsp3) is 0.346. The summed E-state index contributed by atoms with van der Waals surface area (Å²) in [7, 11) is 0. The average Bonchev–Trinajstić information content (AvgIpc) is 3.58. The van der Waals surface area contributed by atoms with Crippen molar-refractivity contribution in [2.45, 2.75) is 37.1 Å². The van der Waals surface area contributed by atoms with Crippen molar-refractivity contribution >= 4 is 16.8 Å². The van der Waals surface area contributed by atoms with E-state index in [9.17, 15) is 9.18 Å². The predicted molar refractivity (Wildman–Crippen MR) is 121 cm³/mol. The lowest BCUT2D eigenvalue weighted by atomic mass is 9.87. The first-order valence-electron chi connectivity index (χ1n) is 11.1. The number of carbonyl (C=O) groups is 1. The van der Waals surface area contributed by atoms with Crippen molar-refractivity contribution in [2.75, 3.05) is 19.6 Å². The summed E-state index contributed by atoms with van der Waals surface area (Å²) >= 11 is 0. The van der Waals surface area contributed by atoms with Gasteiger partial charge in [-0.1, -0.05) is 0 Å². The number of aromatic nitrogens is 1. The van der Waals surface area contributed by atoms with Gasteiger partial charge in [0.15, 0.2) is 0 Å². The molecular formula is C26H25FN4O. The highest BCUT2D eigenvalue weighted by atomic mass is 19.1. The molecule has 1 saturated heterocycles. The molecule has 1 N–H and O–H groups in total. The van der Waals surface area contributed by atoms with Crippen molar-refractivity contribution in [3.8, 4) is 6.07 Å². The van der Waals surface area contributed by atoms with Crippen molar-refractivity contribution < 1.29 is 9.18 Å². The highest BCUT2D eigenvalue weighted by molar-refractivity contribution is 5.95. The summed E-state index contributed by atoms with van der Waals surface area (Å²) in [6, 6.07) is 15.7. The maximum Gasteiger partial charge on any atom is 0.251 e. The van der Waals surface area contributed by atoms with E-state index in [0.29, 0.717) is 17.0 Å². The highest BCUT2D eigenvalue weighted by Gasteiger charge is 2.45. The Morgan fingerprint density at radius 1 is 1.16 bits per heavy atom. The van der Waals surface area contributed by atoms with Crippen LogP contribution in [0.3, 0.4) is 0 Å². The molecule has 2 aliphatic rings. The van der Waals surface area contributed by atoms with Crippen LogP contribution in [0.15, 0.2) is 54.7 Å². The first-order valence-corrected chi connectivity index (χ1v) is 11.1. The minimum absolute atomic E-state index is 0.0767. The number of hydrogen-bond acceptors (Lipinski definition) is 4. The first-order chi connectivity index (χ1) is 15.5. The molecule has 0 spiro atoms. The number of likely N-dealkylation sites (tertiary alicyclic amines) is 1. The number of nitriles is 1. The van der Waals surface area contributed by atoms with Gasteiger partial charge >= 0.3 is 0 Å². The second-order valence-corrected chi connectivity index (χ2v) is 9.04. The topological polar surface area (TPSA) is 69.0 Å². The molecule has 5 rings (SSSR count). The van der Waals surface area contributed by atoms with Crippen molar-refractivity contribution in [1.82, 2.24) is 15.2 Å². The molecule has 162 valence electrons. The molecule has 3 aromatic rings. The zero-order valence-corrected chi connectivity index (χ0v) is 17.9. The van der Waals surface area contributed by atoms with Crippen molar-refractivity contribution in [3.63, 3.8) is 0 Å². The number of fused-ring (bicyclic) bond motifs is 1. The van der Waals surface area contributed by atoms with E-state index in [1.54, 1.807) is 36.4 Å². The van der Waals surface area contributed by atoms with Gasteiger partial charge in [-0.3, -0.25) is 9.78 Å². The number of amides is 1. The van der Waals surface area contributed by atoms with Crippen molar-refractivity contribution in [3.05, 3.63) is 77.2 Å². The molecule has 2 fully saturated rings. The van der Waals surface area contributed by atoms with E-state index >= 15 is 0 Å². The van der Waals surface area contributed by atoms with E-state index in [0.717, 1.165) is 56.2 Å². The molecule has 1 aliphatic carbocycles. The summed E-state index contributed by atoms with van der Waals surface area (Å²) in [5.74, 6) is 0.0898. The van der Waals surface area contributed by atoms with Crippen LogP contribution in [-0.4, -0.2) is 41.0 Å². The molecule has 1 saturated carbocycles. The van der Waals surface area contributed by atoms with E-state index < -0.39 is 0 Å². The zero-order chi connectivity index (χ0) is 22.1. The summed E-state index contributed by atoms with van der Waals surface area (Å²) in [5.41, 5.74) is 3.02. The normalized spacial score (nSPS) is 18.2. The molecule has 0 atom stereocenters. The third-order valence-electron chi connectivity index (χ3n) is 6.80. The first kappa shape index (κ1) is 20.6. The van der Waals surface area contributed by atoms with E-state index in [4.69, 9.17) is 5.26 Å². The van der Waals surface area contributed by atoms with Gasteiger partial charge in [0.2, 0.25) is 0 Å². The number of carbonyl (C=O) groups excluding carboxylic acids is 1. The third kappa shape index (κ3) is 4.21. The molecule has 0 bridgehead atoms. The van der Waals surface area contributed by atoms with Gasteiger partial charge in [-0.25, -0.2) is 4.39 Å². The SMILES string of the molecule is N#Cc1ccc(C(=O)NC2(CN3CCC(c4ccnc5ccc(F)cc45)CC3)CC2)cc1. The van der Waals surface area contributed by atoms with Gasteiger partial charge in [-0.05, 0) is 98.8 Å². The number of pyridine rings is 1. The van der Waals surface area contributed by atoms with E-state index in [2.05, 4.69) is 21.3 Å². The molecule has 1 aliphatic heterocycles. The van der Waals surface area contributed by atoms with E-state index in [1.165, 1.54) is 11.6 Å². The number of halogens is 1. The monoisotopic (exact) mass is 428 g/mol. The standard InChI is InChI=1S/C26H25FN4O/c27-21-5-6-24-23(15-21)22(7-12-29-24)19-8-13-31(14-9-19)17-26(10-11-26)30-25(32)20-3-1-18(16-28)2-4-20/h1-7,12,15,19H,8-11,13-14,17H2,(H,30,32). The van der Waals surface area contributed by atoms with Crippen molar-refractivity contribution in [2.24, 2.45) is 0 Å². The van der Waals surface area contributed by atoms with Crippen LogP contribution in [0.5, 0.6) is 0 Å². The summed E-state index contributed by atoms with van der Waals surface area (Å²) in [6.45, 7) is 2.77. The van der Waals surface area contributed by atoms with Crippen LogP contribution in [-0.2, 0) is 0 Å². The Morgan fingerprint density at radius 3 is 2.59 bits per heavy atom. The van der Waals surface area contributed by atoms with Gasteiger partial charge in [0.1, 0.15) is 5.82 Å². The van der Waals surface area contributed by atoms with Gasteiger partial charge in [0, 0.05) is 23.7 Å². The second kappa shape index (κ2) is 8.33. The molecule has 1 amide bonds. The summed E-state index contributed by atoms with van der Waals surface area (Å²) in [5, 5.41) is 13.1. The minimum Gasteiger partial charge on any atom is -0.345 e. The Morgan fingerprint density at radius 2 is 1.91 bits per heavy atom. The van der Waals surface area contributed by atoms with Gasteiger partial charge in [-0.2, -0.15) is 5.26 Å². The Hall–Kier alpha value is -3.30. The molecular weight excluding hydrogens is 403 g/mol. The van der Waals surface area contributed by atoms with Gasteiger partial charge in [0.25, 0.3) is 5.91 Å². The number of hydrogen-bond donors (Lipinski definition) is 1. The lowest BCUT2D eigenvalue weighted by molar-refractivity contribution is 0.0909. The Bertz CT molecular complexity index is 1190. The number of piperidine rings is 1. The predicted octanol–water partition coefficient (Wildman–Crippen LogP) is 4.39. The quantitative estimate of drug-likeness (QED) is 0.655. The fourth-order valence-corrected chi connectivity index (χ4v) is 4.81. The van der Waals surface area contributed by atoms with Crippen LogP contribution < -0.4 is 5.32 Å². The number of nitrogens with zero attached hydrogens (tertiary/aromatic N) is 3. The van der Waals surface area contributed by atoms with E-state index in [1.807, 2.05) is 12.3 Å². The largest absolute Gasteiger partial charge is 0.345 e. The summed E-state index contributed by atoms with van der Waals surface area (Å²) in [4.78, 5) is 19.5. The van der Waals surface area contributed by atoms with Crippen LogP contribution in [0.4, 0.5) is 4.39 Å². The Balaban J connectivity index is 1.20. The van der Waals surface area contributed by atoms with Crippen LogP contribution in [0.2, 0.25) is 0 Å². The maximum atomic E-state index is 13.8. The van der Waals surface area contributed by atoms with Crippen LogP contribution in [0.25, 0.3) is 10.9 Å². The Labute approximate surface area is 186 Å². The Kier molecular flexibility index (Phi) is 5.36. The lowest BCUT2D eigenvalue weighted by Gasteiger charge is -2.35. The van der Waals surface area contributed by atoms with Crippen LogP contribution in [0, 0.1) is 17.1 Å². The zero-order valence-electron chi connectivity index (χ0n) is 17.9. The highest BCUT2D eigenvalue weighted by Crippen LogP contribution is 2.39. The minimum atomic E-state index is -0.224. The van der Waals surface area contributed by atoms with Crippen LogP contribution in [0.1, 0.15) is 53.1 Å². The van der Waals surface area contributed by atoms with Gasteiger partial charge < -0.3 is 10.2 Å². The van der Waals surface area contributed by atoms with Crippen molar-refractivity contribution in [1.29, 1.82) is 5.26 Å². The molecule has 1 aromatic heterocycles. The van der Waals surface area contributed by atoms with E-state index in [-0.39, 0.29) is 17.3 Å². The van der Waals surface area contributed by atoms with Gasteiger partial charge in [0.05, 0.1) is 22.7 Å². The summed E-state index contributed by atoms with van der Waals surface area (Å²) < 4.78 is 13.8.